The molecule has 1 saturated carbocycles. The largest absolute Gasteiger partial charge is 0.468 e. The summed E-state index contributed by atoms with van der Waals surface area (Å²) < 4.78 is 29.1. The lowest BCUT2D eigenvalue weighted by molar-refractivity contribution is -0.137. The maximum Gasteiger partial charge on any atom is 0.322 e. The molecule has 6 nitrogen and oxygen atoms in total. The lowest BCUT2D eigenvalue weighted by atomic mass is 10.2. The molecule has 15 heavy (non-hydrogen) atoms. The van der Waals surface area contributed by atoms with Crippen molar-refractivity contribution in [2.45, 2.75) is 18.9 Å². The van der Waals surface area contributed by atoms with E-state index >= 15 is 0 Å². The summed E-state index contributed by atoms with van der Waals surface area (Å²) in [7, 11) is -2.45. The molecule has 0 bridgehead atoms. The fourth-order valence-electron chi connectivity index (χ4n) is 1.18. The Labute approximate surface area is 89.2 Å². The van der Waals surface area contributed by atoms with Crippen LogP contribution in [0.5, 0.6) is 0 Å². The van der Waals surface area contributed by atoms with E-state index < -0.39 is 21.7 Å². The number of ether oxygens (including phenoxy) is 1. The monoisotopic (exact) mass is 236 g/mol. The summed E-state index contributed by atoms with van der Waals surface area (Å²) in [5, 5.41) is 0. The van der Waals surface area contributed by atoms with Gasteiger partial charge in [-0.3, -0.25) is 4.79 Å². The van der Waals surface area contributed by atoms with Gasteiger partial charge in [-0.25, -0.2) is 13.1 Å². The second-order valence-corrected chi connectivity index (χ2v) is 5.49. The molecule has 0 saturated heterocycles. The Morgan fingerprint density at radius 3 is 2.67 bits per heavy atom. The van der Waals surface area contributed by atoms with Crippen LogP contribution >= 0.6 is 0 Å². The van der Waals surface area contributed by atoms with E-state index in [9.17, 15) is 13.2 Å². The van der Waals surface area contributed by atoms with Crippen molar-refractivity contribution in [2.75, 3.05) is 19.4 Å². The second-order valence-electron chi connectivity index (χ2n) is 3.68. The van der Waals surface area contributed by atoms with Crippen molar-refractivity contribution in [2.24, 2.45) is 11.7 Å². The molecule has 0 heterocycles. The first-order valence-corrected chi connectivity index (χ1v) is 6.39. The van der Waals surface area contributed by atoms with Gasteiger partial charge >= 0.3 is 5.97 Å². The lowest BCUT2D eigenvalue weighted by Gasteiger charge is -2.11. The van der Waals surface area contributed by atoms with Gasteiger partial charge in [-0.1, -0.05) is 0 Å². The molecule has 0 aromatic rings. The van der Waals surface area contributed by atoms with Crippen molar-refractivity contribution in [3.8, 4) is 0 Å². The number of hydrogen-bond acceptors (Lipinski definition) is 5. The molecule has 1 fully saturated rings. The second kappa shape index (κ2) is 4.91. The quantitative estimate of drug-likeness (QED) is 0.565. The van der Waals surface area contributed by atoms with Crippen LogP contribution in [0.4, 0.5) is 0 Å². The van der Waals surface area contributed by atoms with Crippen LogP contribution in [-0.2, 0) is 19.6 Å². The Morgan fingerprint density at radius 2 is 2.20 bits per heavy atom. The molecule has 1 aliphatic rings. The zero-order chi connectivity index (χ0) is 11.5. The normalized spacial score (nSPS) is 18.5. The summed E-state index contributed by atoms with van der Waals surface area (Å²) in [5.74, 6) is -1.01. The average Bonchev–Trinajstić information content (AvgIpc) is 2.96. The number of rotatable bonds is 6. The lowest BCUT2D eigenvalue weighted by Crippen LogP contribution is -2.40. The fraction of sp³-hybridized carbons (Fsp3) is 0.875. The predicted octanol–water partition coefficient (Wildman–Crippen LogP) is -1.18. The van der Waals surface area contributed by atoms with Crippen molar-refractivity contribution < 1.29 is 17.9 Å². The van der Waals surface area contributed by atoms with Gasteiger partial charge in [-0.15, -0.1) is 0 Å². The van der Waals surface area contributed by atoms with Gasteiger partial charge in [-0.2, -0.15) is 0 Å². The Bertz CT molecular complexity index is 324. The summed E-state index contributed by atoms with van der Waals surface area (Å²) in [6.07, 6.45) is 2.11. The number of nitrogens with two attached hydrogens (primary N) is 1. The minimum Gasteiger partial charge on any atom is -0.468 e. The molecule has 0 aliphatic heterocycles. The van der Waals surface area contributed by atoms with E-state index in [0.717, 1.165) is 20.0 Å². The molecule has 1 atom stereocenters. The van der Waals surface area contributed by atoms with Gasteiger partial charge in [0.05, 0.1) is 7.11 Å². The van der Waals surface area contributed by atoms with Gasteiger partial charge in [0.15, 0.2) is 5.75 Å². The first-order valence-electron chi connectivity index (χ1n) is 4.74. The molecule has 88 valence electrons. The van der Waals surface area contributed by atoms with E-state index in [1.165, 1.54) is 0 Å². The Hall–Kier alpha value is -0.660. The van der Waals surface area contributed by atoms with E-state index in [2.05, 4.69) is 9.46 Å². The average molecular weight is 236 g/mol. The topological polar surface area (TPSA) is 98.5 Å². The highest BCUT2D eigenvalue weighted by molar-refractivity contribution is 7.90. The Balaban J connectivity index is 2.31. The van der Waals surface area contributed by atoms with Crippen molar-refractivity contribution in [3.63, 3.8) is 0 Å². The Morgan fingerprint density at radius 1 is 1.60 bits per heavy atom. The Kier molecular flexibility index (Phi) is 4.06. The van der Waals surface area contributed by atoms with Crippen LogP contribution in [-0.4, -0.2) is 39.8 Å². The number of carbonyl (C=O) groups excluding carboxylic acids is 1. The molecule has 0 radical (unpaired) electrons. The minimum atomic E-state index is -3.60. The molecule has 1 unspecified atom stereocenters. The van der Waals surface area contributed by atoms with E-state index in [-0.39, 0.29) is 12.6 Å². The van der Waals surface area contributed by atoms with Crippen LogP contribution in [0.25, 0.3) is 0 Å². The SMILES string of the molecule is COC(=O)CS(=O)(=O)NCC(N)C1CC1. The first kappa shape index (κ1) is 12.4. The maximum absolute atomic E-state index is 11.3. The number of esters is 1. The van der Waals surface area contributed by atoms with Gasteiger partial charge in [0, 0.05) is 12.6 Å². The van der Waals surface area contributed by atoms with Gasteiger partial charge in [0.1, 0.15) is 0 Å². The van der Waals surface area contributed by atoms with E-state index in [1.54, 1.807) is 0 Å². The summed E-state index contributed by atoms with van der Waals surface area (Å²) in [6, 6.07) is -0.155. The molecule has 3 N–H and O–H groups in total. The van der Waals surface area contributed by atoms with Crippen LogP contribution in [0.2, 0.25) is 0 Å². The number of carbonyl (C=O) groups is 1. The smallest absolute Gasteiger partial charge is 0.322 e. The van der Waals surface area contributed by atoms with Gasteiger partial charge in [0.2, 0.25) is 10.0 Å². The molecule has 1 aliphatic carbocycles. The number of hydrogen-bond donors (Lipinski definition) is 2. The summed E-state index contributed by atoms with van der Waals surface area (Å²) >= 11 is 0. The highest BCUT2D eigenvalue weighted by Crippen LogP contribution is 2.31. The summed E-state index contributed by atoms with van der Waals surface area (Å²) in [4.78, 5) is 10.7. The zero-order valence-electron chi connectivity index (χ0n) is 8.60. The number of nitrogens with one attached hydrogen (secondary N) is 1. The van der Waals surface area contributed by atoms with E-state index in [4.69, 9.17) is 5.73 Å². The standard InChI is InChI=1S/C8H16N2O4S/c1-14-8(11)5-15(12,13)10-4-7(9)6-2-3-6/h6-7,10H,2-5,9H2,1H3. The maximum atomic E-state index is 11.3. The molecule has 0 aromatic heterocycles. The van der Waals surface area contributed by atoms with Crippen LogP contribution in [0.3, 0.4) is 0 Å². The van der Waals surface area contributed by atoms with Crippen molar-refractivity contribution in [1.82, 2.24) is 4.72 Å². The van der Waals surface area contributed by atoms with Gasteiger partial charge in [0.25, 0.3) is 0 Å². The predicted molar refractivity (Wildman–Crippen MR) is 54.5 cm³/mol. The summed E-state index contributed by atoms with van der Waals surface area (Å²) in [6.45, 7) is 0.185. The highest BCUT2D eigenvalue weighted by atomic mass is 32.2. The molecular formula is C8H16N2O4S. The molecule has 7 heteroatoms. The third-order valence-electron chi connectivity index (χ3n) is 2.30. The van der Waals surface area contributed by atoms with E-state index in [1.807, 2.05) is 0 Å². The first-order chi connectivity index (χ1) is 6.94. The minimum absolute atomic E-state index is 0.155. The van der Waals surface area contributed by atoms with Gasteiger partial charge < -0.3 is 10.5 Å². The van der Waals surface area contributed by atoms with Crippen molar-refractivity contribution >= 4 is 16.0 Å². The molecular weight excluding hydrogens is 220 g/mol. The van der Waals surface area contributed by atoms with Crippen molar-refractivity contribution in [1.29, 1.82) is 0 Å². The van der Waals surface area contributed by atoms with Crippen LogP contribution in [0, 0.1) is 5.92 Å². The van der Waals surface area contributed by atoms with Crippen LogP contribution < -0.4 is 10.5 Å². The molecule has 0 amide bonds. The third kappa shape index (κ3) is 4.59. The molecule has 0 spiro atoms. The number of sulfonamides is 1. The highest BCUT2D eigenvalue weighted by Gasteiger charge is 2.29. The number of methoxy groups -OCH3 is 1. The third-order valence-corrected chi connectivity index (χ3v) is 3.52. The zero-order valence-corrected chi connectivity index (χ0v) is 9.42. The molecule has 1 rings (SSSR count). The van der Waals surface area contributed by atoms with Crippen molar-refractivity contribution in [3.05, 3.63) is 0 Å². The molecule has 0 aromatic carbocycles. The summed E-state index contributed by atoms with van der Waals surface area (Å²) in [5.41, 5.74) is 5.71. The van der Waals surface area contributed by atoms with E-state index in [0.29, 0.717) is 5.92 Å². The van der Waals surface area contributed by atoms with Crippen LogP contribution in [0.1, 0.15) is 12.8 Å². The van der Waals surface area contributed by atoms with Gasteiger partial charge in [-0.05, 0) is 18.8 Å². The van der Waals surface area contributed by atoms with Crippen LogP contribution in [0.15, 0.2) is 0 Å². The fourth-order valence-corrected chi connectivity index (χ4v) is 2.16.